The summed E-state index contributed by atoms with van der Waals surface area (Å²) in [4.78, 5) is 22.7. The van der Waals surface area contributed by atoms with E-state index in [1.165, 1.54) is 51.4 Å². The Kier molecular flexibility index (Phi) is 13.7. The molecule has 0 aliphatic carbocycles. The van der Waals surface area contributed by atoms with Crippen LogP contribution in [0.5, 0.6) is 5.75 Å². The van der Waals surface area contributed by atoms with E-state index in [1.54, 1.807) is 24.3 Å². The van der Waals surface area contributed by atoms with Crippen molar-refractivity contribution < 1.29 is 27.5 Å². The fourth-order valence-electron chi connectivity index (χ4n) is 3.19. The van der Waals surface area contributed by atoms with Crippen LogP contribution < -0.4 is 10.1 Å². The summed E-state index contributed by atoms with van der Waals surface area (Å²) >= 11 is 0. The second kappa shape index (κ2) is 15.7. The summed E-state index contributed by atoms with van der Waals surface area (Å²) in [6, 6.07) is 6.37. The summed E-state index contributed by atoms with van der Waals surface area (Å²) in [5, 5.41) is 2.83. The van der Waals surface area contributed by atoms with Crippen LogP contribution in [0.4, 0.5) is 13.2 Å². The first kappa shape index (κ1) is 27.0. The predicted octanol–water partition coefficient (Wildman–Crippen LogP) is 6.17. The second-order valence-corrected chi connectivity index (χ2v) is 7.89. The number of benzene rings is 1. The summed E-state index contributed by atoms with van der Waals surface area (Å²) in [5.74, 6) is -1.47. The van der Waals surface area contributed by atoms with E-state index in [0.29, 0.717) is 17.9 Å². The van der Waals surface area contributed by atoms with Gasteiger partial charge in [-0.05, 0) is 30.5 Å². The van der Waals surface area contributed by atoms with Crippen LogP contribution in [0.2, 0.25) is 0 Å². The third-order valence-electron chi connectivity index (χ3n) is 5.10. The lowest BCUT2D eigenvalue weighted by Gasteiger charge is -2.09. The number of hydrogen-bond acceptors (Lipinski definition) is 3. The zero-order valence-corrected chi connectivity index (χ0v) is 18.6. The number of alkyl halides is 3. The van der Waals surface area contributed by atoms with E-state index in [4.69, 9.17) is 4.74 Å². The molecule has 1 rings (SSSR count). The van der Waals surface area contributed by atoms with Crippen LogP contribution in [0, 0.1) is 0 Å². The van der Waals surface area contributed by atoms with Gasteiger partial charge in [0.05, 0.1) is 0 Å². The number of carbonyl (C=O) groups excluding carboxylic acids is 2. The van der Waals surface area contributed by atoms with Gasteiger partial charge in [-0.3, -0.25) is 9.59 Å². The molecule has 7 heteroatoms. The first-order chi connectivity index (χ1) is 14.8. The topological polar surface area (TPSA) is 55.4 Å². The summed E-state index contributed by atoms with van der Waals surface area (Å²) in [7, 11) is 0. The van der Waals surface area contributed by atoms with Crippen molar-refractivity contribution in [1.82, 2.24) is 5.32 Å². The van der Waals surface area contributed by atoms with Crippen molar-refractivity contribution in [2.75, 3.05) is 13.2 Å². The summed E-state index contributed by atoms with van der Waals surface area (Å²) in [5.41, 5.74) is 0.607. The number of carbonyl (C=O) groups is 2. The lowest BCUT2D eigenvalue weighted by Crippen LogP contribution is -2.29. The van der Waals surface area contributed by atoms with Crippen LogP contribution >= 0.6 is 0 Å². The minimum absolute atomic E-state index is 0.0119. The Morgan fingerprint density at radius 2 is 1.42 bits per heavy atom. The van der Waals surface area contributed by atoms with Gasteiger partial charge in [-0.25, -0.2) is 0 Å². The largest absolute Gasteiger partial charge is 0.484 e. The van der Waals surface area contributed by atoms with Crippen LogP contribution in [-0.4, -0.2) is 31.0 Å². The van der Waals surface area contributed by atoms with Gasteiger partial charge in [-0.15, -0.1) is 0 Å². The predicted molar refractivity (Wildman–Crippen MR) is 116 cm³/mol. The standard InChI is InChI=1S/C24H36F3NO3/c1-2-3-4-5-6-7-8-9-10-11-18-28-23(30)19-31-21-15-12-20(13-16-21)14-17-22(29)24(25,26)27/h12-13,15-16H,2-11,14,17-19H2,1H3,(H,28,30). The molecule has 0 saturated heterocycles. The van der Waals surface area contributed by atoms with Gasteiger partial charge >= 0.3 is 6.18 Å². The minimum Gasteiger partial charge on any atom is -0.484 e. The highest BCUT2D eigenvalue weighted by Gasteiger charge is 2.37. The molecule has 0 unspecified atom stereocenters. The Morgan fingerprint density at radius 1 is 0.871 bits per heavy atom. The number of Topliss-reactive ketones (excluding diaryl/α,β-unsaturated/α-hetero) is 1. The number of rotatable bonds is 17. The molecule has 0 aliphatic heterocycles. The van der Waals surface area contributed by atoms with E-state index in [2.05, 4.69) is 12.2 Å². The summed E-state index contributed by atoms with van der Waals surface area (Å²) in [6.07, 6.45) is 7.06. The molecule has 0 atom stereocenters. The number of amides is 1. The molecule has 1 N–H and O–H groups in total. The Labute approximate surface area is 183 Å². The maximum atomic E-state index is 12.2. The zero-order chi connectivity index (χ0) is 23.0. The minimum atomic E-state index is -4.79. The van der Waals surface area contributed by atoms with E-state index >= 15 is 0 Å². The average molecular weight is 444 g/mol. The third-order valence-corrected chi connectivity index (χ3v) is 5.10. The second-order valence-electron chi connectivity index (χ2n) is 7.89. The Hall–Kier alpha value is -2.05. The van der Waals surface area contributed by atoms with Crippen LogP contribution in [0.15, 0.2) is 24.3 Å². The van der Waals surface area contributed by atoms with Gasteiger partial charge in [-0.2, -0.15) is 13.2 Å². The molecule has 0 saturated carbocycles. The van der Waals surface area contributed by atoms with Crippen LogP contribution in [-0.2, 0) is 16.0 Å². The van der Waals surface area contributed by atoms with Gasteiger partial charge in [0, 0.05) is 13.0 Å². The SMILES string of the molecule is CCCCCCCCCCCCNC(=O)COc1ccc(CCC(=O)C(F)(F)F)cc1. The van der Waals surface area contributed by atoms with Crippen LogP contribution in [0.3, 0.4) is 0 Å². The Balaban J connectivity index is 2.06. The zero-order valence-electron chi connectivity index (χ0n) is 18.6. The molecule has 0 spiro atoms. The molecule has 1 aromatic rings. The number of hydrogen-bond donors (Lipinski definition) is 1. The highest BCUT2D eigenvalue weighted by molar-refractivity contribution is 5.84. The van der Waals surface area contributed by atoms with Crippen molar-refractivity contribution in [3.05, 3.63) is 29.8 Å². The van der Waals surface area contributed by atoms with Crippen LogP contribution in [0.1, 0.15) is 83.1 Å². The number of aryl methyl sites for hydroxylation is 1. The first-order valence-electron chi connectivity index (χ1n) is 11.4. The molecule has 31 heavy (non-hydrogen) atoms. The van der Waals surface area contributed by atoms with Crippen molar-refractivity contribution in [2.24, 2.45) is 0 Å². The number of unbranched alkanes of at least 4 members (excludes halogenated alkanes) is 9. The van der Waals surface area contributed by atoms with E-state index in [1.807, 2.05) is 0 Å². The van der Waals surface area contributed by atoms with Gasteiger partial charge in [-0.1, -0.05) is 76.8 Å². The van der Waals surface area contributed by atoms with Crippen molar-refractivity contribution in [3.63, 3.8) is 0 Å². The molecular weight excluding hydrogens is 407 g/mol. The van der Waals surface area contributed by atoms with Crippen molar-refractivity contribution in [1.29, 1.82) is 0 Å². The normalized spacial score (nSPS) is 11.4. The fraction of sp³-hybridized carbons (Fsp3) is 0.667. The van der Waals surface area contributed by atoms with Gasteiger partial charge < -0.3 is 10.1 Å². The molecule has 0 radical (unpaired) electrons. The molecule has 4 nitrogen and oxygen atoms in total. The maximum absolute atomic E-state index is 12.2. The van der Waals surface area contributed by atoms with Crippen molar-refractivity contribution >= 4 is 11.7 Å². The molecule has 0 aliphatic rings. The number of halogens is 3. The third kappa shape index (κ3) is 13.8. The summed E-state index contributed by atoms with van der Waals surface area (Å²) < 4.78 is 42.0. The molecular formula is C24H36F3NO3. The molecule has 1 aromatic carbocycles. The molecule has 0 fully saturated rings. The van der Waals surface area contributed by atoms with E-state index in [9.17, 15) is 22.8 Å². The molecule has 176 valence electrons. The first-order valence-corrected chi connectivity index (χ1v) is 11.4. The lowest BCUT2D eigenvalue weighted by molar-refractivity contribution is -0.171. The summed E-state index contributed by atoms with van der Waals surface area (Å²) in [6.45, 7) is 2.75. The molecule has 1 amide bonds. The molecule has 0 heterocycles. The van der Waals surface area contributed by atoms with Crippen molar-refractivity contribution in [3.8, 4) is 5.75 Å². The van der Waals surface area contributed by atoms with Gasteiger partial charge in [0.2, 0.25) is 5.78 Å². The smallest absolute Gasteiger partial charge is 0.449 e. The average Bonchev–Trinajstić information content (AvgIpc) is 2.74. The Morgan fingerprint density at radius 3 is 1.97 bits per heavy atom. The Bertz CT molecular complexity index is 630. The van der Waals surface area contributed by atoms with Crippen molar-refractivity contribution in [2.45, 2.75) is 90.1 Å². The van der Waals surface area contributed by atoms with E-state index in [-0.39, 0.29) is 18.9 Å². The fourth-order valence-corrected chi connectivity index (χ4v) is 3.19. The monoisotopic (exact) mass is 443 g/mol. The van der Waals surface area contributed by atoms with E-state index < -0.39 is 18.4 Å². The maximum Gasteiger partial charge on any atom is 0.449 e. The highest BCUT2D eigenvalue weighted by atomic mass is 19.4. The molecule has 0 bridgehead atoms. The quantitative estimate of drug-likeness (QED) is 0.293. The number of ether oxygens (including phenoxy) is 1. The lowest BCUT2D eigenvalue weighted by atomic mass is 10.1. The molecule has 0 aromatic heterocycles. The number of nitrogens with one attached hydrogen (secondary N) is 1. The van der Waals surface area contributed by atoms with Gasteiger partial charge in [0.25, 0.3) is 5.91 Å². The number of ketones is 1. The van der Waals surface area contributed by atoms with Crippen LogP contribution in [0.25, 0.3) is 0 Å². The van der Waals surface area contributed by atoms with E-state index in [0.717, 1.165) is 12.8 Å². The van der Waals surface area contributed by atoms with Gasteiger partial charge in [0.1, 0.15) is 5.75 Å². The van der Waals surface area contributed by atoms with Gasteiger partial charge in [0.15, 0.2) is 6.61 Å². The highest BCUT2D eigenvalue weighted by Crippen LogP contribution is 2.20.